The minimum atomic E-state index is 1.09. The number of hydrogen-bond acceptors (Lipinski definition) is 1. The van der Waals surface area contributed by atoms with Crippen molar-refractivity contribution in [3.05, 3.63) is 65.5 Å². The first-order valence-electron chi connectivity index (χ1n) is 7.68. The summed E-state index contributed by atoms with van der Waals surface area (Å²) in [7, 11) is 1.33. The van der Waals surface area contributed by atoms with E-state index in [1.54, 1.807) is 0 Å². The van der Waals surface area contributed by atoms with Crippen LogP contribution in [0.2, 0.25) is 0 Å². The van der Waals surface area contributed by atoms with Gasteiger partial charge < -0.3 is 0 Å². The van der Waals surface area contributed by atoms with Gasteiger partial charge in [0.05, 0.1) is 11.0 Å². The van der Waals surface area contributed by atoms with E-state index in [0.29, 0.717) is 0 Å². The highest BCUT2D eigenvalue weighted by molar-refractivity contribution is 7.36. The minimum Gasteiger partial charge on any atom is -0.248 e. The van der Waals surface area contributed by atoms with E-state index in [1.807, 2.05) is 0 Å². The molecule has 3 aliphatic rings. The Balaban J connectivity index is 2.10. The van der Waals surface area contributed by atoms with Crippen LogP contribution in [-0.2, 0) is 6.42 Å². The highest BCUT2D eigenvalue weighted by atomic mass is 31.0. The summed E-state index contributed by atoms with van der Waals surface area (Å²) in [6.45, 7) is 0. The first-order chi connectivity index (χ1) is 10.9. The van der Waals surface area contributed by atoms with Crippen molar-refractivity contribution in [3.63, 3.8) is 0 Å². The number of allylic oxidation sites excluding steroid dienone is 1. The summed E-state index contributed by atoms with van der Waals surface area (Å²) < 4.78 is 0. The van der Waals surface area contributed by atoms with E-state index in [9.17, 15) is 0 Å². The predicted octanol–water partition coefficient (Wildman–Crippen LogP) is 6.03. The lowest BCUT2D eigenvalue weighted by atomic mass is 9.95. The molecule has 2 aromatic carbocycles. The molecule has 0 atom stereocenters. The van der Waals surface area contributed by atoms with Crippen LogP contribution in [0.25, 0.3) is 38.7 Å². The van der Waals surface area contributed by atoms with E-state index in [-0.39, 0.29) is 0 Å². The minimum absolute atomic E-state index is 1.09. The molecule has 0 unspecified atom stereocenters. The van der Waals surface area contributed by atoms with Crippen LogP contribution in [0.1, 0.15) is 17.3 Å². The predicted molar refractivity (Wildman–Crippen MR) is 95.7 cm³/mol. The highest BCUT2D eigenvalue weighted by Crippen LogP contribution is 2.49. The highest BCUT2D eigenvalue weighted by Gasteiger charge is 2.21. The Morgan fingerprint density at radius 2 is 1.59 bits per heavy atom. The third-order valence-corrected chi connectivity index (χ3v) is 5.84. The summed E-state index contributed by atoms with van der Waals surface area (Å²) in [6.07, 6.45) is 6.91. The van der Waals surface area contributed by atoms with Crippen LogP contribution < -0.4 is 0 Å². The van der Waals surface area contributed by atoms with Gasteiger partial charge in [0.2, 0.25) is 0 Å². The lowest BCUT2D eigenvalue weighted by Gasteiger charge is -2.07. The fourth-order valence-electron chi connectivity index (χ4n) is 3.50. The Morgan fingerprint density at radius 1 is 0.864 bits per heavy atom. The molecule has 2 aromatic rings. The molecular weight excluding hydrogens is 285 g/mol. The normalized spacial score (nSPS) is 14.2. The quantitative estimate of drug-likeness (QED) is 0.386. The van der Waals surface area contributed by atoms with Crippen molar-refractivity contribution in [2.24, 2.45) is 0 Å². The summed E-state index contributed by atoms with van der Waals surface area (Å²) in [5.74, 6) is 0. The van der Waals surface area contributed by atoms with Gasteiger partial charge in [0.25, 0.3) is 0 Å². The lowest BCUT2D eigenvalue weighted by molar-refractivity contribution is 1.00. The fraction of sp³-hybridized carbons (Fsp3) is 0.100. The van der Waals surface area contributed by atoms with Crippen molar-refractivity contribution in [2.75, 3.05) is 0 Å². The molecule has 1 nitrogen and oxygen atoms in total. The van der Waals surface area contributed by atoms with Crippen LogP contribution >= 0.6 is 8.19 Å². The molecule has 0 saturated heterocycles. The van der Waals surface area contributed by atoms with Crippen LogP contribution in [0.5, 0.6) is 0 Å². The number of fused-ring (bicyclic) bond motifs is 7. The zero-order valence-electron chi connectivity index (χ0n) is 12.1. The number of rotatable bonds is 0. The van der Waals surface area contributed by atoms with E-state index in [2.05, 4.69) is 60.7 Å². The number of para-hydroxylation sites is 2. The summed E-state index contributed by atoms with van der Waals surface area (Å²) in [5.41, 5.74) is 5.15. The third kappa shape index (κ3) is 1.66. The molecule has 0 fully saturated rings. The summed E-state index contributed by atoms with van der Waals surface area (Å²) in [6, 6.07) is 17.1. The molecular formula is C20H14NP. The Kier molecular flexibility index (Phi) is 2.59. The number of hydrogen-bond donors (Lipinski definition) is 0. The number of aromatic nitrogens is 1. The van der Waals surface area contributed by atoms with Crippen LogP contribution in [0.3, 0.4) is 0 Å². The summed E-state index contributed by atoms with van der Waals surface area (Å²) in [5, 5.41) is 5.49. The van der Waals surface area contributed by atoms with Gasteiger partial charge in [-0.1, -0.05) is 56.7 Å². The second kappa shape index (κ2) is 4.63. The van der Waals surface area contributed by atoms with Crippen molar-refractivity contribution in [1.82, 2.24) is 4.98 Å². The van der Waals surface area contributed by atoms with E-state index < -0.39 is 0 Å². The van der Waals surface area contributed by atoms with Gasteiger partial charge in [0.1, 0.15) is 0 Å². The maximum Gasteiger partial charge on any atom is 0.0719 e. The second-order valence-electron chi connectivity index (χ2n) is 5.79. The SMILES string of the molecule is C1=Cc2pc3c4ccccc4nc4ccccc4c-3c2CC1. The van der Waals surface area contributed by atoms with E-state index in [0.717, 1.165) is 23.9 Å². The monoisotopic (exact) mass is 299 g/mol. The molecule has 2 aliphatic heterocycles. The van der Waals surface area contributed by atoms with Gasteiger partial charge in [0.15, 0.2) is 0 Å². The maximum atomic E-state index is 4.94. The summed E-state index contributed by atoms with van der Waals surface area (Å²) in [4.78, 5) is 4.94. The summed E-state index contributed by atoms with van der Waals surface area (Å²) >= 11 is 0. The fourth-order valence-corrected chi connectivity index (χ4v) is 4.95. The van der Waals surface area contributed by atoms with Gasteiger partial charge in [-0.3, -0.25) is 0 Å². The smallest absolute Gasteiger partial charge is 0.0719 e. The van der Waals surface area contributed by atoms with Gasteiger partial charge in [-0.25, -0.2) is 4.98 Å². The van der Waals surface area contributed by atoms with Crippen molar-refractivity contribution in [2.45, 2.75) is 12.8 Å². The molecule has 0 spiro atoms. The van der Waals surface area contributed by atoms with Crippen molar-refractivity contribution in [1.29, 1.82) is 0 Å². The zero-order valence-corrected chi connectivity index (χ0v) is 13.0. The van der Waals surface area contributed by atoms with Crippen LogP contribution in [0, 0.1) is 0 Å². The molecule has 2 heteroatoms. The maximum absolute atomic E-state index is 4.94. The van der Waals surface area contributed by atoms with Gasteiger partial charge in [-0.2, -0.15) is 0 Å². The molecule has 2 heterocycles. The molecule has 1 aliphatic carbocycles. The van der Waals surface area contributed by atoms with Crippen LogP contribution in [0.15, 0.2) is 54.6 Å². The first-order valence-corrected chi connectivity index (χ1v) is 8.58. The molecule has 104 valence electrons. The van der Waals surface area contributed by atoms with Crippen LogP contribution in [-0.4, -0.2) is 4.98 Å². The molecule has 0 aromatic heterocycles. The largest absolute Gasteiger partial charge is 0.248 e. The average Bonchev–Trinajstić information content (AvgIpc) is 2.89. The molecule has 5 rings (SSSR count). The first kappa shape index (κ1) is 12.3. The van der Waals surface area contributed by atoms with Gasteiger partial charge >= 0.3 is 0 Å². The Bertz CT molecular complexity index is 1030. The van der Waals surface area contributed by atoms with Crippen molar-refractivity contribution in [3.8, 4) is 10.9 Å². The van der Waals surface area contributed by atoms with Crippen LogP contribution in [0.4, 0.5) is 0 Å². The van der Waals surface area contributed by atoms with Gasteiger partial charge in [-0.05, 0) is 30.5 Å². The van der Waals surface area contributed by atoms with E-state index in [1.165, 1.54) is 40.7 Å². The molecule has 0 saturated carbocycles. The van der Waals surface area contributed by atoms with Crippen molar-refractivity contribution >= 4 is 36.1 Å². The second-order valence-corrected chi connectivity index (χ2v) is 6.94. The molecule has 22 heavy (non-hydrogen) atoms. The Labute approximate surface area is 130 Å². The Hall–Kier alpha value is -2.24. The third-order valence-electron chi connectivity index (χ3n) is 4.49. The van der Waals surface area contributed by atoms with E-state index >= 15 is 0 Å². The van der Waals surface area contributed by atoms with Gasteiger partial charge in [0, 0.05) is 26.9 Å². The molecule has 0 N–H and O–H groups in total. The number of benzene rings is 2. The standard InChI is InChI=1S/C20H14NP/c1-4-10-16-13(7-1)19-15-9-3-6-12-18(15)22-20(19)14-8-2-5-11-17(14)21-16/h1-2,4-8,10-12H,3,9H2. The topological polar surface area (TPSA) is 12.9 Å². The molecule has 0 bridgehead atoms. The molecule has 0 amide bonds. The van der Waals surface area contributed by atoms with Crippen molar-refractivity contribution < 1.29 is 0 Å². The Morgan fingerprint density at radius 3 is 2.45 bits per heavy atom. The lowest BCUT2D eigenvalue weighted by Crippen LogP contribution is -1.90. The molecule has 0 radical (unpaired) electrons. The average molecular weight is 299 g/mol. The van der Waals surface area contributed by atoms with Gasteiger partial charge in [-0.15, -0.1) is 0 Å². The zero-order chi connectivity index (χ0) is 14.5. The van der Waals surface area contributed by atoms with E-state index in [4.69, 9.17) is 4.98 Å². The number of nitrogens with zero attached hydrogens (tertiary/aromatic N) is 1.